The zero-order valence-corrected chi connectivity index (χ0v) is 19.5. The third-order valence-corrected chi connectivity index (χ3v) is 4.96. The lowest BCUT2D eigenvalue weighted by atomic mass is 9.84. The minimum atomic E-state index is -1.65. The summed E-state index contributed by atoms with van der Waals surface area (Å²) in [6.07, 6.45) is 3.47. The van der Waals surface area contributed by atoms with Gasteiger partial charge < -0.3 is 20.9 Å². The summed E-state index contributed by atoms with van der Waals surface area (Å²) in [6.45, 7) is 0.0792. The summed E-state index contributed by atoms with van der Waals surface area (Å²) in [4.78, 5) is 30.2. The summed E-state index contributed by atoms with van der Waals surface area (Å²) in [5.74, 6) is -4.78. The van der Waals surface area contributed by atoms with Crippen molar-refractivity contribution in [1.82, 2.24) is 15.5 Å². The van der Waals surface area contributed by atoms with Crippen LogP contribution in [0.1, 0.15) is 25.7 Å². The third-order valence-electron chi connectivity index (χ3n) is 4.96. The van der Waals surface area contributed by atoms with E-state index in [0.29, 0.717) is 12.5 Å². The molecule has 2 rings (SSSR count). The second-order valence-electron chi connectivity index (χ2n) is 7.24. The smallest absolute Gasteiger partial charge is 0.243 e. The molecule has 1 aromatic carbocycles. The highest BCUT2D eigenvalue weighted by Crippen LogP contribution is 2.38. The largest absolute Gasteiger partial charge is 0.355 e. The molecular formula is C19H27F3IN5O2. The molecule has 168 valence electrons. The molecule has 1 saturated carbocycles. The van der Waals surface area contributed by atoms with Gasteiger partial charge in [0.05, 0.1) is 17.6 Å². The molecule has 0 bridgehead atoms. The van der Waals surface area contributed by atoms with Crippen molar-refractivity contribution in [3.05, 3.63) is 29.6 Å². The van der Waals surface area contributed by atoms with Gasteiger partial charge in [-0.05, 0) is 25.0 Å². The minimum Gasteiger partial charge on any atom is -0.355 e. The van der Waals surface area contributed by atoms with E-state index in [2.05, 4.69) is 20.9 Å². The first-order chi connectivity index (χ1) is 13.7. The van der Waals surface area contributed by atoms with Gasteiger partial charge in [-0.15, -0.1) is 24.0 Å². The lowest BCUT2D eigenvalue weighted by Crippen LogP contribution is -2.50. The highest BCUT2D eigenvalue weighted by molar-refractivity contribution is 14.0. The zero-order valence-electron chi connectivity index (χ0n) is 17.2. The van der Waals surface area contributed by atoms with Gasteiger partial charge in [-0.3, -0.25) is 14.6 Å². The maximum absolute atomic E-state index is 13.6. The van der Waals surface area contributed by atoms with Crippen LogP contribution < -0.4 is 16.0 Å². The lowest BCUT2D eigenvalue weighted by molar-refractivity contribution is -0.138. The quantitative estimate of drug-likeness (QED) is 0.224. The number of carbonyl (C=O) groups excluding carboxylic acids is 2. The molecule has 1 aliphatic rings. The number of nitrogens with one attached hydrogen (secondary N) is 3. The Labute approximate surface area is 190 Å². The molecule has 0 radical (unpaired) electrons. The Balaban J connectivity index is 0.00000450. The first kappa shape index (κ1) is 26.0. The molecule has 30 heavy (non-hydrogen) atoms. The van der Waals surface area contributed by atoms with Gasteiger partial charge >= 0.3 is 0 Å². The molecule has 11 heteroatoms. The van der Waals surface area contributed by atoms with Gasteiger partial charge in [-0.1, -0.05) is 12.8 Å². The summed E-state index contributed by atoms with van der Waals surface area (Å²) in [5.41, 5.74) is -0.974. The normalized spacial score (nSPS) is 15.2. The number of amides is 2. The number of hydrogen-bond acceptors (Lipinski definition) is 3. The second-order valence-corrected chi connectivity index (χ2v) is 7.24. The molecule has 0 saturated heterocycles. The standard InChI is InChI=1S/C19H26F3N5O2.HI/c1-23-18(25-11-19(8-4-5-9-19)17(29)27(2)3)24-10-14(28)26-13-7-6-12(20)15(21)16(13)22;/h6-7H,4-5,8-11H2,1-3H3,(H,26,28)(H2,23,24,25);1H. The summed E-state index contributed by atoms with van der Waals surface area (Å²) >= 11 is 0. The maximum atomic E-state index is 13.6. The predicted octanol–water partition coefficient (Wildman–Crippen LogP) is 2.47. The van der Waals surface area contributed by atoms with Crippen LogP contribution in [-0.2, 0) is 9.59 Å². The van der Waals surface area contributed by atoms with Crippen LogP contribution in [-0.4, -0.2) is 56.9 Å². The topological polar surface area (TPSA) is 85.8 Å². The number of halogens is 4. The molecule has 1 fully saturated rings. The van der Waals surface area contributed by atoms with Gasteiger partial charge in [-0.25, -0.2) is 13.2 Å². The van der Waals surface area contributed by atoms with Crippen LogP contribution in [0.2, 0.25) is 0 Å². The Bertz CT molecular complexity index is 799. The maximum Gasteiger partial charge on any atom is 0.243 e. The summed E-state index contributed by atoms with van der Waals surface area (Å²) in [7, 11) is 4.95. The van der Waals surface area contributed by atoms with Gasteiger partial charge in [0.25, 0.3) is 0 Å². The van der Waals surface area contributed by atoms with Crippen molar-refractivity contribution in [3.8, 4) is 0 Å². The highest BCUT2D eigenvalue weighted by atomic mass is 127. The van der Waals surface area contributed by atoms with E-state index in [0.717, 1.165) is 37.8 Å². The Morgan fingerprint density at radius 1 is 1.10 bits per heavy atom. The van der Waals surface area contributed by atoms with Crippen LogP contribution in [0.25, 0.3) is 0 Å². The summed E-state index contributed by atoms with van der Waals surface area (Å²) in [6, 6.07) is 1.67. The molecule has 2 amide bonds. The van der Waals surface area contributed by atoms with Crippen molar-refractivity contribution in [1.29, 1.82) is 0 Å². The van der Waals surface area contributed by atoms with Gasteiger partial charge in [0.15, 0.2) is 23.4 Å². The average Bonchev–Trinajstić information content (AvgIpc) is 3.18. The van der Waals surface area contributed by atoms with E-state index in [1.54, 1.807) is 19.0 Å². The fraction of sp³-hybridized carbons (Fsp3) is 0.526. The first-order valence-electron chi connectivity index (χ1n) is 9.30. The van der Waals surface area contributed by atoms with Crippen molar-refractivity contribution in [2.45, 2.75) is 25.7 Å². The highest BCUT2D eigenvalue weighted by Gasteiger charge is 2.42. The first-order valence-corrected chi connectivity index (χ1v) is 9.30. The second kappa shape index (κ2) is 11.4. The van der Waals surface area contributed by atoms with Crippen LogP contribution >= 0.6 is 24.0 Å². The van der Waals surface area contributed by atoms with E-state index in [1.807, 2.05) is 0 Å². The summed E-state index contributed by atoms with van der Waals surface area (Å²) in [5, 5.41) is 7.99. The van der Waals surface area contributed by atoms with Crippen molar-refractivity contribution in [2.75, 3.05) is 39.5 Å². The predicted molar refractivity (Wildman–Crippen MR) is 119 cm³/mol. The van der Waals surface area contributed by atoms with Gasteiger partial charge in [-0.2, -0.15) is 0 Å². The number of benzene rings is 1. The number of guanidine groups is 1. The number of anilines is 1. The molecule has 0 atom stereocenters. The molecule has 1 aromatic rings. The van der Waals surface area contributed by atoms with Crippen LogP contribution in [0.5, 0.6) is 0 Å². The Kier molecular flexibility index (Phi) is 9.85. The molecule has 0 unspecified atom stereocenters. The molecule has 0 aliphatic heterocycles. The number of nitrogens with zero attached hydrogens (tertiary/aromatic N) is 2. The van der Waals surface area contributed by atoms with Crippen molar-refractivity contribution in [3.63, 3.8) is 0 Å². The Morgan fingerprint density at radius 3 is 2.30 bits per heavy atom. The lowest BCUT2D eigenvalue weighted by Gasteiger charge is -2.31. The monoisotopic (exact) mass is 541 g/mol. The van der Waals surface area contributed by atoms with Crippen molar-refractivity contribution >= 4 is 47.4 Å². The number of aliphatic imine (C=N–C) groups is 1. The van der Waals surface area contributed by atoms with Crippen LogP contribution in [0, 0.1) is 22.9 Å². The Morgan fingerprint density at radius 2 is 1.73 bits per heavy atom. The van der Waals surface area contributed by atoms with Crippen molar-refractivity contribution in [2.24, 2.45) is 10.4 Å². The SMILES string of the molecule is CN=C(NCC(=O)Nc1ccc(F)c(F)c1F)NCC1(C(=O)N(C)C)CCCC1.I. The molecule has 0 aromatic heterocycles. The number of rotatable bonds is 6. The van der Waals surface area contributed by atoms with E-state index >= 15 is 0 Å². The average molecular weight is 541 g/mol. The van der Waals surface area contributed by atoms with E-state index in [-0.39, 0.29) is 36.4 Å². The van der Waals surface area contributed by atoms with Crippen LogP contribution in [0.4, 0.5) is 18.9 Å². The zero-order chi connectivity index (χ0) is 21.6. The molecule has 0 heterocycles. The molecule has 7 nitrogen and oxygen atoms in total. The number of hydrogen-bond donors (Lipinski definition) is 3. The fourth-order valence-corrected chi connectivity index (χ4v) is 3.45. The van der Waals surface area contributed by atoms with E-state index < -0.39 is 34.5 Å². The summed E-state index contributed by atoms with van der Waals surface area (Å²) < 4.78 is 39.8. The van der Waals surface area contributed by atoms with Crippen LogP contribution in [0.3, 0.4) is 0 Å². The van der Waals surface area contributed by atoms with Gasteiger partial charge in [0.1, 0.15) is 0 Å². The molecule has 1 aliphatic carbocycles. The number of carbonyl (C=O) groups is 2. The minimum absolute atomic E-state index is 0. The van der Waals surface area contributed by atoms with Crippen LogP contribution in [0.15, 0.2) is 17.1 Å². The molecule has 0 spiro atoms. The van der Waals surface area contributed by atoms with Gasteiger partial charge in [0.2, 0.25) is 11.8 Å². The van der Waals surface area contributed by atoms with E-state index in [4.69, 9.17) is 0 Å². The fourth-order valence-electron chi connectivity index (χ4n) is 3.45. The van der Waals surface area contributed by atoms with E-state index in [1.165, 1.54) is 7.05 Å². The molecule has 3 N–H and O–H groups in total. The Hall–Kier alpha value is -2.05. The van der Waals surface area contributed by atoms with Gasteiger partial charge in [0, 0.05) is 27.7 Å². The van der Waals surface area contributed by atoms with E-state index in [9.17, 15) is 22.8 Å². The molecular weight excluding hydrogens is 514 g/mol. The van der Waals surface area contributed by atoms with Crippen molar-refractivity contribution < 1.29 is 22.8 Å². The third kappa shape index (κ3) is 6.22.